The van der Waals surface area contributed by atoms with Gasteiger partial charge in [-0.2, -0.15) is 5.26 Å². The van der Waals surface area contributed by atoms with E-state index in [0.717, 1.165) is 37.1 Å². The Morgan fingerprint density at radius 3 is 1.22 bits per heavy atom. The number of nitrogens with zero attached hydrogens (tertiary/aromatic N) is 2. The van der Waals surface area contributed by atoms with Gasteiger partial charge in [-0.1, -0.05) is 64.1 Å². The van der Waals surface area contributed by atoms with Crippen molar-refractivity contribution in [2.24, 2.45) is 0 Å². The second kappa shape index (κ2) is 7.83. The van der Waals surface area contributed by atoms with E-state index in [4.69, 9.17) is 0 Å². The number of aryl methyl sites for hydroxylation is 4. The number of hydrogen-bond donors (Lipinski definition) is 0. The van der Waals surface area contributed by atoms with E-state index in [2.05, 4.69) is 70.3 Å². The molecular weight excluding hydrogens is 280 g/mol. The van der Waals surface area contributed by atoms with E-state index in [1.165, 1.54) is 22.3 Å². The third-order valence-corrected chi connectivity index (χ3v) is 4.48. The van der Waals surface area contributed by atoms with E-state index in [0.29, 0.717) is 0 Å². The largest absolute Gasteiger partial charge is 0.247 e. The van der Waals surface area contributed by atoms with Gasteiger partial charge in [-0.3, -0.25) is 0 Å². The van der Waals surface area contributed by atoms with Crippen molar-refractivity contribution in [2.45, 2.75) is 53.4 Å². The molecule has 0 fully saturated rings. The fraction of sp³-hybridized carbons (Fsp3) is 0.381. The number of para-hydroxylation sites is 2. The Hall–Kier alpha value is -2.27. The van der Waals surface area contributed by atoms with Gasteiger partial charge in [0.25, 0.3) is 0 Å². The van der Waals surface area contributed by atoms with Gasteiger partial charge in [0.1, 0.15) is 0 Å². The van der Waals surface area contributed by atoms with Gasteiger partial charge in [-0.05, 0) is 47.9 Å². The number of rotatable bonds is 6. The Bertz CT molecular complexity index is 610. The van der Waals surface area contributed by atoms with Crippen molar-refractivity contribution in [3.05, 3.63) is 58.7 Å². The molecule has 0 unspecified atom stereocenters. The third-order valence-electron chi connectivity index (χ3n) is 4.48. The van der Waals surface area contributed by atoms with Crippen molar-refractivity contribution >= 4 is 11.4 Å². The maximum atomic E-state index is 9.99. The van der Waals surface area contributed by atoms with Gasteiger partial charge < -0.3 is 0 Å². The van der Waals surface area contributed by atoms with Gasteiger partial charge in [0.2, 0.25) is 0 Å². The second-order valence-electron chi connectivity index (χ2n) is 5.70. The second-order valence-corrected chi connectivity index (χ2v) is 5.70. The summed E-state index contributed by atoms with van der Waals surface area (Å²) < 4.78 is 0. The van der Waals surface area contributed by atoms with Crippen molar-refractivity contribution < 1.29 is 0 Å². The average molecular weight is 306 g/mol. The summed E-state index contributed by atoms with van der Waals surface area (Å²) in [5.74, 6) is 0. The lowest BCUT2D eigenvalue weighted by Crippen LogP contribution is -2.17. The molecule has 0 aliphatic carbocycles. The molecule has 0 aromatic heterocycles. The van der Waals surface area contributed by atoms with E-state index in [1.54, 1.807) is 0 Å². The van der Waals surface area contributed by atoms with E-state index in [-0.39, 0.29) is 0 Å². The molecule has 0 spiro atoms. The summed E-state index contributed by atoms with van der Waals surface area (Å²) in [5.41, 5.74) is 7.10. The number of nitriles is 1. The minimum absolute atomic E-state index is 0.928. The molecule has 2 nitrogen and oxygen atoms in total. The van der Waals surface area contributed by atoms with Gasteiger partial charge in [-0.15, -0.1) is 0 Å². The monoisotopic (exact) mass is 306 g/mol. The van der Waals surface area contributed by atoms with Gasteiger partial charge in [0.05, 0.1) is 11.4 Å². The third kappa shape index (κ3) is 3.24. The Labute approximate surface area is 140 Å². The normalized spacial score (nSPS) is 10.4. The summed E-state index contributed by atoms with van der Waals surface area (Å²) in [7, 11) is 0. The molecule has 2 aromatic rings. The van der Waals surface area contributed by atoms with Gasteiger partial charge in [0, 0.05) is 0 Å². The van der Waals surface area contributed by atoms with Crippen molar-refractivity contribution in [1.82, 2.24) is 0 Å². The zero-order chi connectivity index (χ0) is 16.8. The Balaban J connectivity index is 2.75. The average Bonchev–Trinajstić information content (AvgIpc) is 2.62. The summed E-state index contributed by atoms with van der Waals surface area (Å²) in [4.78, 5) is 1.87. The molecular formula is C21H26N2. The number of anilines is 2. The van der Waals surface area contributed by atoms with E-state index in [9.17, 15) is 5.26 Å². The molecule has 0 amide bonds. The molecule has 23 heavy (non-hydrogen) atoms. The van der Waals surface area contributed by atoms with E-state index in [1.807, 2.05) is 4.90 Å². The number of benzene rings is 2. The van der Waals surface area contributed by atoms with Crippen LogP contribution in [0.2, 0.25) is 0 Å². The lowest BCUT2D eigenvalue weighted by atomic mass is 9.98. The standard InChI is InChI=1S/C21H26N2/c1-5-16-11-9-12-17(6-2)20(16)23(15-22)21-18(7-3)13-10-14-19(21)8-4/h9-14H,5-8H2,1-4H3. The lowest BCUT2D eigenvalue weighted by molar-refractivity contribution is 1.02. The van der Waals surface area contributed by atoms with Crippen molar-refractivity contribution in [3.63, 3.8) is 0 Å². The highest BCUT2D eigenvalue weighted by molar-refractivity contribution is 5.77. The first kappa shape index (κ1) is 17.1. The Morgan fingerprint density at radius 2 is 1.00 bits per heavy atom. The fourth-order valence-electron chi connectivity index (χ4n) is 3.22. The van der Waals surface area contributed by atoms with Crippen molar-refractivity contribution in [3.8, 4) is 6.19 Å². The summed E-state index contributed by atoms with van der Waals surface area (Å²) in [6.07, 6.45) is 6.18. The van der Waals surface area contributed by atoms with Crippen LogP contribution < -0.4 is 4.90 Å². The minimum Gasteiger partial charge on any atom is -0.247 e. The molecule has 0 bridgehead atoms. The van der Waals surface area contributed by atoms with Crippen LogP contribution in [0.1, 0.15) is 49.9 Å². The van der Waals surface area contributed by atoms with Crippen molar-refractivity contribution in [2.75, 3.05) is 4.90 Å². The lowest BCUT2D eigenvalue weighted by Gasteiger charge is -2.26. The maximum absolute atomic E-state index is 9.99. The van der Waals surface area contributed by atoms with Gasteiger partial charge >= 0.3 is 0 Å². The highest BCUT2D eigenvalue weighted by atomic mass is 15.1. The van der Waals surface area contributed by atoms with E-state index < -0.39 is 0 Å². The molecule has 0 atom stereocenters. The molecule has 0 N–H and O–H groups in total. The maximum Gasteiger partial charge on any atom is 0.189 e. The van der Waals surface area contributed by atoms with E-state index >= 15 is 0 Å². The first-order valence-electron chi connectivity index (χ1n) is 8.63. The molecule has 2 aromatic carbocycles. The van der Waals surface area contributed by atoms with Crippen LogP contribution in [0.4, 0.5) is 11.4 Å². The molecule has 0 radical (unpaired) electrons. The SMILES string of the molecule is CCc1cccc(CC)c1N(C#N)c1c(CC)cccc1CC. The van der Waals surface area contributed by atoms with Crippen molar-refractivity contribution in [1.29, 1.82) is 5.26 Å². The Morgan fingerprint density at radius 1 is 0.696 bits per heavy atom. The van der Waals surface area contributed by atoms with Crippen LogP contribution in [0, 0.1) is 11.5 Å². The van der Waals surface area contributed by atoms with Crippen LogP contribution in [0.3, 0.4) is 0 Å². The zero-order valence-corrected chi connectivity index (χ0v) is 14.7. The molecule has 0 aliphatic heterocycles. The van der Waals surface area contributed by atoms with Gasteiger partial charge in [0.15, 0.2) is 6.19 Å². The quantitative estimate of drug-likeness (QED) is 0.516. The molecule has 2 heteroatoms. The molecule has 0 heterocycles. The van der Waals surface area contributed by atoms with Crippen LogP contribution >= 0.6 is 0 Å². The summed E-state index contributed by atoms with van der Waals surface area (Å²) in [6, 6.07) is 12.8. The molecule has 120 valence electrons. The Kier molecular flexibility index (Phi) is 5.82. The first-order valence-corrected chi connectivity index (χ1v) is 8.63. The highest BCUT2D eigenvalue weighted by Crippen LogP contribution is 2.37. The fourth-order valence-corrected chi connectivity index (χ4v) is 3.22. The van der Waals surface area contributed by atoms with Crippen LogP contribution in [0.15, 0.2) is 36.4 Å². The predicted molar refractivity (Wildman–Crippen MR) is 98.1 cm³/mol. The van der Waals surface area contributed by atoms with Crippen LogP contribution in [0.25, 0.3) is 0 Å². The highest BCUT2D eigenvalue weighted by Gasteiger charge is 2.20. The zero-order valence-electron chi connectivity index (χ0n) is 14.7. The molecule has 0 aliphatic rings. The molecule has 0 saturated carbocycles. The summed E-state index contributed by atoms with van der Waals surface area (Å²) in [6.45, 7) is 8.61. The topological polar surface area (TPSA) is 27.0 Å². The smallest absolute Gasteiger partial charge is 0.189 e. The summed E-state index contributed by atoms with van der Waals surface area (Å²) in [5, 5.41) is 9.99. The summed E-state index contributed by atoms with van der Waals surface area (Å²) >= 11 is 0. The van der Waals surface area contributed by atoms with Gasteiger partial charge in [-0.25, -0.2) is 4.90 Å². The predicted octanol–water partition coefficient (Wildman–Crippen LogP) is 5.56. The van der Waals surface area contributed by atoms with Crippen LogP contribution in [0.5, 0.6) is 0 Å². The van der Waals surface area contributed by atoms with Crippen LogP contribution in [-0.4, -0.2) is 0 Å². The molecule has 0 saturated heterocycles. The minimum atomic E-state index is 0.928. The first-order chi connectivity index (χ1) is 11.2. The van der Waals surface area contributed by atoms with Crippen LogP contribution in [-0.2, 0) is 25.7 Å². The molecule has 2 rings (SSSR count). The number of hydrogen-bond acceptors (Lipinski definition) is 2.